The SMILES string of the molecule is CN(c1cccc(F)c1)C(CN)c1ccccc1Br. The lowest BCUT2D eigenvalue weighted by atomic mass is 10.1. The first-order chi connectivity index (χ1) is 9.13. The molecule has 19 heavy (non-hydrogen) atoms. The Morgan fingerprint density at radius 3 is 2.58 bits per heavy atom. The number of nitrogens with two attached hydrogens (primary N) is 1. The van der Waals surface area contributed by atoms with E-state index in [1.807, 2.05) is 42.3 Å². The molecule has 1 unspecified atom stereocenters. The van der Waals surface area contributed by atoms with Gasteiger partial charge >= 0.3 is 0 Å². The monoisotopic (exact) mass is 322 g/mol. The molecule has 0 radical (unpaired) electrons. The van der Waals surface area contributed by atoms with Crippen LogP contribution in [0.25, 0.3) is 0 Å². The van der Waals surface area contributed by atoms with Crippen LogP contribution >= 0.6 is 15.9 Å². The summed E-state index contributed by atoms with van der Waals surface area (Å²) in [6.45, 7) is 0.454. The second-order valence-corrected chi connectivity index (χ2v) is 5.22. The van der Waals surface area contributed by atoms with Crippen LogP contribution in [0.15, 0.2) is 53.0 Å². The first-order valence-corrected chi connectivity index (χ1v) is 6.85. The van der Waals surface area contributed by atoms with Crippen molar-refractivity contribution in [2.45, 2.75) is 6.04 Å². The van der Waals surface area contributed by atoms with Crippen LogP contribution in [0.5, 0.6) is 0 Å². The van der Waals surface area contributed by atoms with Crippen LogP contribution in [0.3, 0.4) is 0 Å². The smallest absolute Gasteiger partial charge is 0.125 e. The Balaban J connectivity index is 2.35. The summed E-state index contributed by atoms with van der Waals surface area (Å²) in [5, 5.41) is 0. The zero-order valence-corrected chi connectivity index (χ0v) is 12.3. The van der Waals surface area contributed by atoms with Crippen molar-refractivity contribution >= 4 is 21.6 Å². The van der Waals surface area contributed by atoms with Crippen LogP contribution in [-0.4, -0.2) is 13.6 Å². The maximum Gasteiger partial charge on any atom is 0.125 e. The third-order valence-corrected chi connectivity index (χ3v) is 3.89. The topological polar surface area (TPSA) is 29.3 Å². The van der Waals surface area contributed by atoms with E-state index >= 15 is 0 Å². The lowest BCUT2D eigenvalue weighted by Gasteiger charge is -2.30. The number of halogens is 2. The number of anilines is 1. The molecule has 0 spiro atoms. The number of hydrogen-bond acceptors (Lipinski definition) is 2. The van der Waals surface area contributed by atoms with E-state index in [4.69, 9.17) is 5.73 Å². The molecule has 1 atom stereocenters. The van der Waals surface area contributed by atoms with E-state index in [-0.39, 0.29) is 11.9 Å². The van der Waals surface area contributed by atoms with Crippen molar-refractivity contribution in [1.82, 2.24) is 0 Å². The molecule has 0 saturated carbocycles. The molecular formula is C15H16BrFN2. The Morgan fingerprint density at radius 1 is 1.21 bits per heavy atom. The van der Waals surface area contributed by atoms with E-state index < -0.39 is 0 Å². The van der Waals surface area contributed by atoms with Gasteiger partial charge in [-0.25, -0.2) is 4.39 Å². The Morgan fingerprint density at radius 2 is 1.95 bits per heavy atom. The summed E-state index contributed by atoms with van der Waals surface area (Å²) in [4.78, 5) is 1.99. The van der Waals surface area contributed by atoms with Crippen LogP contribution in [0.1, 0.15) is 11.6 Å². The molecule has 2 aromatic carbocycles. The zero-order chi connectivity index (χ0) is 13.8. The fraction of sp³-hybridized carbons (Fsp3) is 0.200. The van der Waals surface area contributed by atoms with Crippen molar-refractivity contribution in [2.75, 3.05) is 18.5 Å². The Labute approximate surface area is 121 Å². The van der Waals surface area contributed by atoms with Gasteiger partial charge in [-0.05, 0) is 29.8 Å². The molecule has 100 valence electrons. The van der Waals surface area contributed by atoms with Gasteiger partial charge in [0.15, 0.2) is 0 Å². The van der Waals surface area contributed by atoms with Gasteiger partial charge in [-0.1, -0.05) is 40.2 Å². The van der Waals surface area contributed by atoms with Gasteiger partial charge in [0, 0.05) is 23.8 Å². The average Bonchev–Trinajstić information content (AvgIpc) is 2.41. The molecule has 0 aliphatic rings. The van der Waals surface area contributed by atoms with Crippen molar-refractivity contribution in [3.63, 3.8) is 0 Å². The highest BCUT2D eigenvalue weighted by atomic mass is 79.9. The highest BCUT2D eigenvalue weighted by Crippen LogP contribution is 2.29. The van der Waals surface area contributed by atoms with E-state index in [1.54, 1.807) is 6.07 Å². The van der Waals surface area contributed by atoms with Crippen molar-refractivity contribution in [3.05, 3.63) is 64.4 Å². The summed E-state index contributed by atoms with van der Waals surface area (Å²) in [6, 6.07) is 14.5. The third-order valence-electron chi connectivity index (χ3n) is 3.17. The molecule has 0 amide bonds. The van der Waals surface area contributed by atoms with Gasteiger partial charge in [-0.2, -0.15) is 0 Å². The molecule has 0 heterocycles. The Kier molecular flexibility index (Phi) is 4.56. The molecule has 0 aromatic heterocycles. The van der Waals surface area contributed by atoms with Crippen molar-refractivity contribution in [2.24, 2.45) is 5.73 Å². The molecule has 2 N–H and O–H groups in total. The minimum Gasteiger partial charge on any atom is -0.366 e. The van der Waals surface area contributed by atoms with Crippen LogP contribution < -0.4 is 10.6 Å². The third kappa shape index (κ3) is 3.14. The fourth-order valence-corrected chi connectivity index (χ4v) is 2.66. The van der Waals surface area contributed by atoms with E-state index in [0.717, 1.165) is 15.7 Å². The first kappa shape index (κ1) is 14.0. The molecule has 0 fully saturated rings. The van der Waals surface area contributed by atoms with Gasteiger partial charge in [0.2, 0.25) is 0 Å². The quantitative estimate of drug-likeness (QED) is 0.929. The molecule has 0 aliphatic heterocycles. The Hall–Kier alpha value is -1.39. The number of likely N-dealkylation sites (N-methyl/N-ethyl adjacent to an activating group) is 1. The van der Waals surface area contributed by atoms with E-state index in [0.29, 0.717) is 6.54 Å². The fourth-order valence-electron chi connectivity index (χ4n) is 2.11. The largest absolute Gasteiger partial charge is 0.366 e. The van der Waals surface area contributed by atoms with Crippen LogP contribution in [0.4, 0.5) is 10.1 Å². The summed E-state index contributed by atoms with van der Waals surface area (Å²) < 4.78 is 14.3. The van der Waals surface area contributed by atoms with Crippen molar-refractivity contribution < 1.29 is 4.39 Å². The number of hydrogen-bond donors (Lipinski definition) is 1. The van der Waals surface area contributed by atoms with Crippen molar-refractivity contribution in [1.29, 1.82) is 0 Å². The summed E-state index contributed by atoms with van der Waals surface area (Å²) in [5.41, 5.74) is 7.80. The van der Waals surface area contributed by atoms with Gasteiger partial charge in [-0.15, -0.1) is 0 Å². The van der Waals surface area contributed by atoms with Crippen molar-refractivity contribution in [3.8, 4) is 0 Å². The second-order valence-electron chi connectivity index (χ2n) is 4.36. The van der Waals surface area contributed by atoms with Gasteiger partial charge in [0.05, 0.1) is 6.04 Å². The van der Waals surface area contributed by atoms with Gasteiger partial charge in [0.1, 0.15) is 5.82 Å². The van der Waals surface area contributed by atoms with E-state index in [2.05, 4.69) is 15.9 Å². The summed E-state index contributed by atoms with van der Waals surface area (Å²) in [7, 11) is 1.92. The van der Waals surface area contributed by atoms with Crippen LogP contribution in [0.2, 0.25) is 0 Å². The maximum absolute atomic E-state index is 13.3. The highest BCUT2D eigenvalue weighted by Gasteiger charge is 2.18. The van der Waals surface area contributed by atoms with Crippen LogP contribution in [-0.2, 0) is 0 Å². The Bertz CT molecular complexity index is 559. The second kappa shape index (κ2) is 6.17. The lowest BCUT2D eigenvalue weighted by molar-refractivity contribution is 0.623. The van der Waals surface area contributed by atoms with Gasteiger partial charge < -0.3 is 10.6 Å². The number of nitrogens with zero attached hydrogens (tertiary/aromatic N) is 1. The summed E-state index contributed by atoms with van der Waals surface area (Å²) >= 11 is 3.54. The van der Waals surface area contributed by atoms with Gasteiger partial charge in [-0.3, -0.25) is 0 Å². The first-order valence-electron chi connectivity index (χ1n) is 6.06. The molecule has 0 bridgehead atoms. The highest BCUT2D eigenvalue weighted by molar-refractivity contribution is 9.10. The standard InChI is InChI=1S/C15H16BrFN2/c1-19(12-6-4-5-11(17)9-12)15(10-18)13-7-2-3-8-14(13)16/h2-9,15H,10,18H2,1H3. The molecule has 2 rings (SSSR count). The minimum atomic E-state index is -0.243. The lowest BCUT2D eigenvalue weighted by Crippen LogP contribution is -2.30. The number of rotatable bonds is 4. The predicted molar refractivity (Wildman–Crippen MR) is 80.7 cm³/mol. The zero-order valence-electron chi connectivity index (χ0n) is 10.7. The molecule has 4 heteroatoms. The summed E-state index contributed by atoms with van der Waals surface area (Å²) in [5.74, 6) is -0.243. The molecule has 2 aromatic rings. The maximum atomic E-state index is 13.3. The molecule has 0 aliphatic carbocycles. The molecule has 0 saturated heterocycles. The summed E-state index contributed by atoms with van der Waals surface area (Å²) in [6.07, 6.45) is 0. The van der Waals surface area contributed by atoms with E-state index in [1.165, 1.54) is 12.1 Å². The average molecular weight is 323 g/mol. The molecular weight excluding hydrogens is 307 g/mol. The predicted octanol–water partition coefficient (Wildman–Crippen LogP) is 3.72. The normalized spacial score (nSPS) is 12.2. The van der Waals surface area contributed by atoms with E-state index in [9.17, 15) is 4.39 Å². The molecule has 2 nitrogen and oxygen atoms in total. The van der Waals surface area contributed by atoms with Gasteiger partial charge in [0.25, 0.3) is 0 Å². The number of benzene rings is 2. The minimum absolute atomic E-state index is 0.00243. The van der Waals surface area contributed by atoms with Crippen LogP contribution in [0, 0.1) is 5.82 Å².